The van der Waals surface area contributed by atoms with Gasteiger partial charge >= 0.3 is 6.18 Å². The molecule has 0 aliphatic carbocycles. The van der Waals surface area contributed by atoms with Gasteiger partial charge in [0.2, 0.25) is 0 Å². The second-order valence-corrected chi connectivity index (χ2v) is 3.77. The lowest BCUT2D eigenvalue weighted by Gasteiger charge is -2.16. The van der Waals surface area contributed by atoms with Crippen molar-refractivity contribution in [1.29, 1.82) is 0 Å². The van der Waals surface area contributed by atoms with Crippen LogP contribution in [-0.4, -0.2) is 13.1 Å². The summed E-state index contributed by atoms with van der Waals surface area (Å²) in [5.74, 6) is 0. The first-order chi connectivity index (χ1) is 7.36. The number of rotatable bonds is 3. The molecule has 0 fully saturated rings. The summed E-state index contributed by atoms with van der Waals surface area (Å²) in [6.45, 7) is 1.89. The van der Waals surface area contributed by atoms with Crippen LogP contribution in [0.4, 0.5) is 18.9 Å². The summed E-state index contributed by atoms with van der Waals surface area (Å²) in [6, 6.07) is 4.10. The molecule has 1 aromatic rings. The van der Waals surface area contributed by atoms with Crippen LogP contribution in [0.3, 0.4) is 0 Å². The van der Waals surface area contributed by atoms with Gasteiger partial charge in [-0.05, 0) is 32.0 Å². The minimum Gasteiger partial charge on any atom is -0.398 e. The quantitative estimate of drug-likeness (QED) is 0.785. The van der Waals surface area contributed by atoms with E-state index in [4.69, 9.17) is 5.73 Å². The Morgan fingerprint density at radius 3 is 2.50 bits per heavy atom. The molecule has 3 N–H and O–H groups in total. The van der Waals surface area contributed by atoms with Crippen LogP contribution in [0.15, 0.2) is 18.2 Å². The van der Waals surface area contributed by atoms with Gasteiger partial charge in [-0.1, -0.05) is 12.1 Å². The van der Waals surface area contributed by atoms with Gasteiger partial charge in [-0.2, -0.15) is 13.2 Å². The molecule has 0 aliphatic heterocycles. The van der Waals surface area contributed by atoms with E-state index in [2.05, 4.69) is 5.32 Å². The Kier molecular flexibility index (Phi) is 3.80. The summed E-state index contributed by atoms with van der Waals surface area (Å²) in [5, 5.41) is 2.96. The van der Waals surface area contributed by atoms with Gasteiger partial charge in [0.1, 0.15) is 0 Å². The van der Waals surface area contributed by atoms with E-state index in [1.54, 1.807) is 13.1 Å². The molecule has 0 saturated heterocycles. The molecule has 2 nitrogen and oxygen atoms in total. The smallest absolute Gasteiger partial charge is 0.398 e. The lowest BCUT2D eigenvalue weighted by atomic mass is 10.0. The molecule has 1 rings (SSSR count). The number of nitrogens with one attached hydrogen (secondary N) is 1. The van der Waals surface area contributed by atoms with Crippen LogP contribution in [0.1, 0.15) is 18.1 Å². The lowest BCUT2D eigenvalue weighted by Crippen LogP contribution is -2.24. The summed E-state index contributed by atoms with van der Waals surface area (Å²) >= 11 is 0. The van der Waals surface area contributed by atoms with Gasteiger partial charge in [-0.3, -0.25) is 0 Å². The Morgan fingerprint density at radius 1 is 1.38 bits per heavy atom. The maximum Gasteiger partial charge on any atom is 0.418 e. The SMILES string of the molecule is CNC(C)Cc1cccc(C(F)(F)F)c1N. The maximum atomic E-state index is 12.6. The number of alkyl halides is 3. The van der Waals surface area contributed by atoms with Crippen molar-refractivity contribution in [3.8, 4) is 0 Å². The second-order valence-electron chi connectivity index (χ2n) is 3.77. The van der Waals surface area contributed by atoms with Crippen LogP contribution >= 0.6 is 0 Å². The van der Waals surface area contributed by atoms with Gasteiger partial charge in [-0.15, -0.1) is 0 Å². The van der Waals surface area contributed by atoms with E-state index >= 15 is 0 Å². The average molecular weight is 232 g/mol. The normalized spacial score (nSPS) is 13.8. The monoisotopic (exact) mass is 232 g/mol. The number of nitrogen functional groups attached to an aromatic ring is 1. The van der Waals surface area contributed by atoms with Gasteiger partial charge < -0.3 is 11.1 Å². The first-order valence-electron chi connectivity index (χ1n) is 4.98. The molecule has 0 bridgehead atoms. The molecular formula is C11H15F3N2. The molecule has 1 atom stereocenters. The Hall–Kier alpha value is -1.23. The Balaban J connectivity index is 3.05. The van der Waals surface area contributed by atoms with E-state index in [1.165, 1.54) is 6.07 Å². The minimum absolute atomic E-state index is 0.0887. The number of hydrogen-bond acceptors (Lipinski definition) is 2. The molecule has 16 heavy (non-hydrogen) atoms. The van der Waals surface area contributed by atoms with E-state index in [-0.39, 0.29) is 11.7 Å². The fourth-order valence-corrected chi connectivity index (χ4v) is 1.47. The Labute approximate surface area is 92.6 Å². The molecule has 0 saturated carbocycles. The minimum atomic E-state index is -4.39. The van der Waals surface area contributed by atoms with Crippen LogP contribution in [0.25, 0.3) is 0 Å². The third-order valence-corrected chi connectivity index (χ3v) is 2.52. The topological polar surface area (TPSA) is 38.0 Å². The molecule has 0 amide bonds. The van der Waals surface area contributed by atoms with E-state index in [9.17, 15) is 13.2 Å². The van der Waals surface area contributed by atoms with Crippen molar-refractivity contribution in [2.24, 2.45) is 0 Å². The van der Waals surface area contributed by atoms with Gasteiger partial charge in [0, 0.05) is 11.7 Å². The van der Waals surface area contributed by atoms with Gasteiger partial charge in [0.25, 0.3) is 0 Å². The molecule has 0 spiro atoms. The van der Waals surface area contributed by atoms with Crippen LogP contribution in [0, 0.1) is 0 Å². The first kappa shape index (κ1) is 12.8. The van der Waals surface area contributed by atoms with Crippen molar-refractivity contribution < 1.29 is 13.2 Å². The third kappa shape index (κ3) is 2.88. The van der Waals surface area contributed by atoms with Crippen LogP contribution in [0.5, 0.6) is 0 Å². The highest BCUT2D eigenvalue weighted by Gasteiger charge is 2.33. The summed E-state index contributed by atoms with van der Waals surface area (Å²) < 4.78 is 37.7. The lowest BCUT2D eigenvalue weighted by molar-refractivity contribution is -0.136. The molecule has 5 heteroatoms. The molecule has 90 valence electrons. The maximum absolute atomic E-state index is 12.6. The average Bonchev–Trinajstić information content (AvgIpc) is 2.19. The highest BCUT2D eigenvalue weighted by atomic mass is 19.4. The van der Waals surface area contributed by atoms with E-state index < -0.39 is 11.7 Å². The molecular weight excluding hydrogens is 217 g/mol. The third-order valence-electron chi connectivity index (χ3n) is 2.52. The number of hydrogen-bond donors (Lipinski definition) is 2. The zero-order valence-corrected chi connectivity index (χ0v) is 9.23. The van der Waals surface area contributed by atoms with Crippen molar-refractivity contribution in [3.63, 3.8) is 0 Å². The van der Waals surface area contributed by atoms with Gasteiger partial charge in [0.05, 0.1) is 5.56 Å². The fraction of sp³-hybridized carbons (Fsp3) is 0.455. The van der Waals surface area contributed by atoms with Crippen molar-refractivity contribution >= 4 is 5.69 Å². The van der Waals surface area contributed by atoms with Crippen molar-refractivity contribution in [2.45, 2.75) is 25.6 Å². The van der Waals surface area contributed by atoms with Crippen LogP contribution < -0.4 is 11.1 Å². The Bertz CT molecular complexity index is 361. The largest absolute Gasteiger partial charge is 0.418 e. The zero-order chi connectivity index (χ0) is 12.3. The second kappa shape index (κ2) is 4.74. The molecule has 0 aliphatic rings. The summed E-state index contributed by atoms with van der Waals surface area (Å²) in [5.41, 5.74) is 5.12. The summed E-state index contributed by atoms with van der Waals surface area (Å²) in [4.78, 5) is 0. The number of nitrogens with two attached hydrogens (primary N) is 1. The van der Waals surface area contributed by atoms with Gasteiger partial charge in [-0.25, -0.2) is 0 Å². The van der Waals surface area contributed by atoms with E-state index in [0.29, 0.717) is 12.0 Å². The number of benzene rings is 1. The van der Waals surface area contributed by atoms with E-state index in [1.807, 2.05) is 6.92 Å². The predicted octanol–water partition coefficient (Wildman–Crippen LogP) is 2.44. The number of halogens is 3. The molecule has 0 heterocycles. The van der Waals surface area contributed by atoms with E-state index in [0.717, 1.165) is 6.07 Å². The molecule has 0 radical (unpaired) electrons. The highest BCUT2D eigenvalue weighted by molar-refractivity contribution is 5.55. The van der Waals surface area contributed by atoms with Crippen molar-refractivity contribution in [3.05, 3.63) is 29.3 Å². The molecule has 1 unspecified atom stereocenters. The number of anilines is 1. The van der Waals surface area contributed by atoms with Crippen LogP contribution in [0.2, 0.25) is 0 Å². The summed E-state index contributed by atoms with van der Waals surface area (Å²) in [6.07, 6.45) is -3.91. The standard InChI is InChI=1S/C11H15F3N2/c1-7(16-2)6-8-4-3-5-9(10(8)15)11(12,13)14/h3-5,7,16H,6,15H2,1-2H3. The van der Waals surface area contributed by atoms with Gasteiger partial charge in [0.15, 0.2) is 0 Å². The highest BCUT2D eigenvalue weighted by Crippen LogP contribution is 2.35. The Morgan fingerprint density at radius 2 is 2.00 bits per heavy atom. The fourth-order valence-electron chi connectivity index (χ4n) is 1.47. The van der Waals surface area contributed by atoms with Crippen molar-refractivity contribution in [2.75, 3.05) is 12.8 Å². The predicted molar refractivity (Wildman–Crippen MR) is 58.1 cm³/mol. The summed E-state index contributed by atoms with van der Waals surface area (Å²) in [7, 11) is 1.76. The molecule has 0 aromatic heterocycles. The number of likely N-dealkylation sites (N-methyl/N-ethyl adjacent to an activating group) is 1. The zero-order valence-electron chi connectivity index (χ0n) is 9.23. The first-order valence-corrected chi connectivity index (χ1v) is 4.98. The van der Waals surface area contributed by atoms with Crippen LogP contribution in [-0.2, 0) is 12.6 Å². The van der Waals surface area contributed by atoms with Crippen molar-refractivity contribution in [1.82, 2.24) is 5.32 Å². The number of para-hydroxylation sites is 1. The molecule has 1 aromatic carbocycles.